The molecule has 0 fully saturated rings. The van der Waals surface area contributed by atoms with Gasteiger partial charge in [0, 0.05) is 12.0 Å². The molecule has 0 aliphatic heterocycles. The summed E-state index contributed by atoms with van der Waals surface area (Å²) in [5.74, 6) is -0.922. The van der Waals surface area contributed by atoms with Gasteiger partial charge in [-0.15, -0.1) is 0 Å². The van der Waals surface area contributed by atoms with Crippen LogP contribution in [0.25, 0.3) is 0 Å². The van der Waals surface area contributed by atoms with Crippen molar-refractivity contribution < 1.29 is 19.1 Å². The van der Waals surface area contributed by atoms with E-state index < -0.39 is 18.0 Å². The van der Waals surface area contributed by atoms with Crippen LogP contribution in [-0.2, 0) is 32.0 Å². The van der Waals surface area contributed by atoms with E-state index in [-0.39, 0.29) is 31.3 Å². The average Bonchev–Trinajstić information content (AvgIpc) is 2.67. The van der Waals surface area contributed by atoms with E-state index in [0.717, 1.165) is 0 Å². The number of carbonyl (C=O) groups is 2. The van der Waals surface area contributed by atoms with Gasteiger partial charge in [0.25, 0.3) is 0 Å². The number of carbonyl (C=O) groups excluding carboxylic acids is 2. The highest BCUT2D eigenvalue weighted by Gasteiger charge is 2.22. The van der Waals surface area contributed by atoms with Crippen LogP contribution in [0.3, 0.4) is 0 Å². The molecule has 21 heavy (non-hydrogen) atoms. The number of hydrogen-bond donors (Lipinski definition) is 1. The lowest BCUT2D eigenvalue weighted by Gasteiger charge is -2.10. The van der Waals surface area contributed by atoms with Gasteiger partial charge in [-0.1, -0.05) is 11.6 Å². The third-order valence-corrected chi connectivity index (χ3v) is 3.20. The van der Waals surface area contributed by atoms with E-state index in [1.54, 1.807) is 20.8 Å². The molecular formula is C13H20ClN3O4. The molecule has 0 aromatic carbocycles. The summed E-state index contributed by atoms with van der Waals surface area (Å²) in [6.45, 7) is 5.64. The first-order valence-electron chi connectivity index (χ1n) is 6.70. The number of ether oxygens (including phenoxy) is 2. The zero-order valence-corrected chi connectivity index (χ0v) is 13.1. The molecule has 1 heterocycles. The van der Waals surface area contributed by atoms with E-state index in [2.05, 4.69) is 5.10 Å². The van der Waals surface area contributed by atoms with Gasteiger partial charge < -0.3 is 15.2 Å². The van der Waals surface area contributed by atoms with Gasteiger partial charge in [0.05, 0.1) is 18.9 Å². The van der Waals surface area contributed by atoms with Gasteiger partial charge in [-0.25, -0.2) is 4.68 Å². The molecule has 0 saturated heterocycles. The number of aryl methyl sites for hydroxylation is 1. The van der Waals surface area contributed by atoms with Crippen LogP contribution < -0.4 is 5.73 Å². The molecule has 0 amide bonds. The second kappa shape index (κ2) is 7.99. The van der Waals surface area contributed by atoms with Crippen molar-refractivity contribution in [2.24, 2.45) is 5.73 Å². The van der Waals surface area contributed by atoms with Gasteiger partial charge in [-0.3, -0.25) is 9.59 Å². The van der Waals surface area contributed by atoms with Crippen LogP contribution in [0.2, 0.25) is 5.15 Å². The summed E-state index contributed by atoms with van der Waals surface area (Å²) < 4.78 is 11.0. The summed E-state index contributed by atoms with van der Waals surface area (Å²) in [6, 6.07) is -0.818. The number of halogens is 1. The molecule has 2 N–H and O–H groups in total. The predicted octanol–water partition coefficient (Wildman–Crippen LogP) is 0.841. The quantitative estimate of drug-likeness (QED) is 0.749. The zero-order valence-electron chi connectivity index (χ0n) is 12.4. The lowest BCUT2D eigenvalue weighted by Crippen LogP contribution is -2.34. The number of nitrogens with zero attached hydrogens (tertiary/aromatic N) is 2. The smallest absolute Gasteiger partial charge is 0.327 e. The fraction of sp³-hybridized carbons (Fsp3) is 0.615. The molecule has 0 aliphatic rings. The van der Waals surface area contributed by atoms with Gasteiger partial charge in [-0.05, 0) is 20.8 Å². The Kier molecular flexibility index (Phi) is 6.64. The van der Waals surface area contributed by atoms with Crippen LogP contribution in [0, 0.1) is 6.92 Å². The lowest BCUT2D eigenvalue weighted by atomic mass is 10.1. The third-order valence-electron chi connectivity index (χ3n) is 2.78. The Morgan fingerprint density at radius 3 is 2.52 bits per heavy atom. The monoisotopic (exact) mass is 317 g/mol. The van der Waals surface area contributed by atoms with Crippen LogP contribution in [0.4, 0.5) is 0 Å². The van der Waals surface area contributed by atoms with Gasteiger partial charge in [0.2, 0.25) is 0 Å². The Bertz CT molecular complexity index is 516. The van der Waals surface area contributed by atoms with Crippen molar-refractivity contribution in [2.45, 2.75) is 39.8 Å². The second-order valence-electron chi connectivity index (χ2n) is 4.38. The molecule has 7 nitrogen and oxygen atoms in total. The molecule has 1 atom stereocenters. The van der Waals surface area contributed by atoms with Gasteiger partial charge in [0.1, 0.15) is 17.7 Å². The number of esters is 2. The maximum Gasteiger partial charge on any atom is 0.327 e. The first kappa shape index (κ1) is 17.5. The Morgan fingerprint density at radius 2 is 1.95 bits per heavy atom. The molecule has 1 rings (SSSR count). The summed E-state index contributed by atoms with van der Waals surface area (Å²) in [7, 11) is 0. The van der Waals surface area contributed by atoms with Crippen molar-refractivity contribution in [3.63, 3.8) is 0 Å². The molecule has 0 radical (unpaired) electrons. The maximum absolute atomic E-state index is 11.5. The van der Waals surface area contributed by atoms with Crippen LogP contribution in [-0.4, -0.2) is 41.0 Å². The topological polar surface area (TPSA) is 96.4 Å². The lowest BCUT2D eigenvalue weighted by molar-refractivity contribution is -0.145. The minimum absolute atomic E-state index is 0.0812. The van der Waals surface area contributed by atoms with E-state index in [1.165, 1.54) is 4.68 Å². The van der Waals surface area contributed by atoms with E-state index in [0.29, 0.717) is 11.3 Å². The van der Waals surface area contributed by atoms with Gasteiger partial charge in [0.15, 0.2) is 0 Å². The molecule has 1 aromatic heterocycles. The third kappa shape index (κ3) is 4.71. The number of rotatable bonds is 7. The Labute approximate surface area is 128 Å². The van der Waals surface area contributed by atoms with Crippen LogP contribution in [0.5, 0.6) is 0 Å². The van der Waals surface area contributed by atoms with E-state index in [1.807, 2.05) is 0 Å². The first-order valence-corrected chi connectivity index (χ1v) is 7.08. The molecule has 0 bridgehead atoms. The van der Waals surface area contributed by atoms with Crippen molar-refractivity contribution in [3.05, 3.63) is 16.4 Å². The van der Waals surface area contributed by atoms with Crippen molar-refractivity contribution in [2.75, 3.05) is 13.2 Å². The minimum Gasteiger partial charge on any atom is -0.465 e. The highest BCUT2D eigenvalue weighted by atomic mass is 35.5. The first-order chi connectivity index (χ1) is 9.90. The van der Waals surface area contributed by atoms with Crippen molar-refractivity contribution in [1.29, 1.82) is 0 Å². The molecular weight excluding hydrogens is 298 g/mol. The maximum atomic E-state index is 11.5. The molecule has 118 valence electrons. The fourth-order valence-electron chi connectivity index (χ4n) is 1.81. The standard InChI is InChI=1S/C13H20ClN3O4/c1-4-20-11(18)7-17-12(14)9(8(3)16-17)6-10(15)13(19)21-5-2/h10H,4-7,15H2,1-3H3. The Morgan fingerprint density at radius 1 is 1.33 bits per heavy atom. The van der Waals surface area contributed by atoms with Crippen molar-refractivity contribution in [1.82, 2.24) is 9.78 Å². The molecule has 0 aliphatic carbocycles. The van der Waals surface area contributed by atoms with Crippen LogP contribution in [0.15, 0.2) is 0 Å². The molecule has 1 unspecified atom stereocenters. The van der Waals surface area contributed by atoms with E-state index in [4.69, 9.17) is 26.8 Å². The minimum atomic E-state index is -0.818. The van der Waals surface area contributed by atoms with E-state index in [9.17, 15) is 9.59 Å². The second-order valence-corrected chi connectivity index (χ2v) is 4.74. The highest BCUT2D eigenvalue weighted by molar-refractivity contribution is 6.30. The van der Waals surface area contributed by atoms with Crippen molar-refractivity contribution >= 4 is 23.5 Å². The van der Waals surface area contributed by atoms with Crippen LogP contribution in [0.1, 0.15) is 25.1 Å². The normalized spacial score (nSPS) is 12.0. The molecule has 8 heteroatoms. The summed E-state index contributed by atoms with van der Waals surface area (Å²) in [6.07, 6.45) is 0.201. The Hall–Kier alpha value is -1.60. The predicted molar refractivity (Wildman–Crippen MR) is 76.9 cm³/mol. The average molecular weight is 318 g/mol. The zero-order chi connectivity index (χ0) is 16.0. The van der Waals surface area contributed by atoms with Gasteiger partial charge in [-0.2, -0.15) is 5.10 Å². The largest absolute Gasteiger partial charge is 0.465 e. The fourth-order valence-corrected chi connectivity index (χ4v) is 2.12. The molecule has 0 spiro atoms. The van der Waals surface area contributed by atoms with E-state index >= 15 is 0 Å². The number of aromatic nitrogens is 2. The Balaban J connectivity index is 2.82. The SMILES string of the molecule is CCOC(=O)Cn1nc(C)c(CC(N)C(=O)OCC)c1Cl. The summed E-state index contributed by atoms with van der Waals surface area (Å²) >= 11 is 6.18. The highest BCUT2D eigenvalue weighted by Crippen LogP contribution is 2.21. The summed E-state index contributed by atoms with van der Waals surface area (Å²) in [4.78, 5) is 23.0. The summed E-state index contributed by atoms with van der Waals surface area (Å²) in [5, 5.41) is 4.45. The van der Waals surface area contributed by atoms with Crippen molar-refractivity contribution in [3.8, 4) is 0 Å². The summed E-state index contributed by atoms with van der Waals surface area (Å²) in [5.41, 5.74) is 7.01. The van der Waals surface area contributed by atoms with Crippen LogP contribution >= 0.6 is 11.6 Å². The van der Waals surface area contributed by atoms with Gasteiger partial charge >= 0.3 is 11.9 Å². The molecule has 0 saturated carbocycles. The number of nitrogens with two attached hydrogens (primary N) is 1. The molecule has 1 aromatic rings. The number of hydrogen-bond acceptors (Lipinski definition) is 6.